The van der Waals surface area contributed by atoms with Crippen LogP contribution in [0.3, 0.4) is 0 Å². The van der Waals surface area contributed by atoms with Crippen LogP contribution in [0.15, 0.2) is 48.5 Å². The Morgan fingerprint density at radius 2 is 1.79 bits per heavy atom. The molecule has 0 radical (unpaired) electrons. The molecule has 1 amide bonds. The fourth-order valence-electron chi connectivity index (χ4n) is 1.83. The van der Waals surface area contributed by atoms with Gasteiger partial charge in [-0.2, -0.15) is 0 Å². The smallest absolute Gasteiger partial charge is 0.255 e. The van der Waals surface area contributed by atoms with Crippen molar-refractivity contribution < 1.29 is 4.79 Å². The highest BCUT2D eigenvalue weighted by Crippen LogP contribution is 2.22. The molecule has 0 saturated heterocycles. The van der Waals surface area contributed by atoms with Crippen LogP contribution in [0.25, 0.3) is 0 Å². The van der Waals surface area contributed by atoms with E-state index in [2.05, 4.69) is 5.32 Å². The lowest BCUT2D eigenvalue weighted by molar-refractivity contribution is 0.102. The largest absolute Gasteiger partial charge is 0.397 e. The molecular formula is C15H17N3O. The van der Waals surface area contributed by atoms with Crippen LogP contribution in [0.5, 0.6) is 0 Å². The van der Waals surface area contributed by atoms with Gasteiger partial charge < -0.3 is 16.0 Å². The van der Waals surface area contributed by atoms with E-state index in [1.165, 1.54) is 0 Å². The van der Waals surface area contributed by atoms with E-state index < -0.39 is 0 Å². The van der Waals surface area contributed by atoms with E-state index in [0.29, 0.717) is 11.3 Å². The molecule has 98 valence electrons. The summed E-state index contributed by atoms with van der Waals surface area (Å²) in [7, 11) is 3.82. The van der Waals surface area contributed by atoms with E-state index in [0.717, 1.165) is 11.4 Å². The molecule has 0 saturated carbocycles. The van der Waals surface area contributed by atoms with Crippen molar-refractivity contribution in [1.29, 1.82) is 0 Å². The van der Waals surface area contributed by atoms with Crippen molar-refractivity contribution in [3.8, 4) is 0 Å². The molecule has 19 heavy (non-hydrogen) atoms. The number of hydrogen-bond acceptors (Lipinski definition) is 3. The van der Waals surface area contributed by atoms with Gasteiger partial charge >= 0.3 is 0 Å². The molecule has 2 aromatic rings. The topological polar surface area (TPSA) is 58.4 Å². The maximum absolute atomic E-state index is 12.1. The Morgan fingerprint density at radius 1 is 1.11 bits per heavy atom. The van der Waals surface area contributed by atoms with Crippen molar-refractivity contribution in [2.75, 3.05) is 30.0 Å². The monoisotopic (exact) mass is 255 g/mol. The molecule has 0 bridgehead atoms. The van der Waals surface area contributed by atoms with Crippen molar-refractivity contribution in [2.24, 2.45) is 0 Å². The lowest BCUT2D eigenvalue weighted by atomic mass is 10.1. The summed E-state index contributed by atoms with van der Waals surface area (Å²) in [5.74, 6) is -0.164. The van der Waals surface area contributed by atoms with Gasteiger partial charge in [0.05, 0.1) is 11.4 Å². The molecular weight excluding hydrogens is 238 g/mol. The molecule has 0 atom stereocenters. The first-order chi connectivity index (χ1) is 9.08. The lowest BCUT2D eigenvalue weighted by Crippen LogP contribution is -2.14. The van der Waals surface area contributed by atoms with Gasteiger partial charge in [0.25, 0.3) is 5.91 Å². The molecule has 0 fully saturated rings. The fourth-order valence-corrected chi connectivity index (χ4v) is 1.83. The van der Waals surface area contributed by atoms with Crippen LogP contribution in [0.1, 0.15) is 10.4 Å². The maximum Gasteiger partial charge on any atom is 0.255 e. The zero-order chi connectivity index (χ0) is 13.8. The molecule has 4 nitrogen and oxygen atoms in total. The van der Waals surface area contributed by atoms with Crippen molar-refractivity contribution in [2.45, 2.75) is 0 Å². The van der Waals surface area contributed by atoms with Crippen LogP contribution < -0.4 is 16.0 Å². The number of nitrogens with zero attached hydrogens (tertiary/aromatic N) is 1. The Kier molecular flexibility index (Phi) is 3.71. The quantitative estimate of drug-likeness (QED) is 0.829. The third-order valence-corrected chi connectivity index (χ3v) is 2.80. The number of rotatable bonds is 3. The molecule has 4 heteroatoms. The van der Waals surface area contributed by atoms with Crippen LogP contribution in [0.4, 0.5) is 17.1 Å². The van der Waals surface area contributed by atoms with Gasteiger partial charge in [0.1, 0.15) is 0 Å². The van der Waals surface area contributed by atoms with Gasteiger partial charge in [-0.1, -0.05) is 18.2 Å². The van der Waals surface area contributed by atoms with E-state index in [4.69, 9.17) is 5.73 Å². The van der Waals surface area contributed by atoms with Crippen molar-refractivity contribution in [3.63, 3.8) is 0 Å². The van der Waals surface area contributed by atoms with Gasteiger partial charge in [-0.15, -0.1) is 0 Å². The van der Waals surface area contributed by atoms with Crippen molar-refractivity contribution in [3.05, 3.63) is 54.1 Å². The first-order valence-electron chi connectivity index (χ1n) is 6.01. The van der Waals surface area contributed by atoms with Crippen LogP contribution in [-0.2, 0) is 0 Å². The summed E-state index contributed by atoms with van der Waals surface area (Å²) in [5, 5.41) is 2.83. The molecule has 0 spiro atoms. The molecule has 3 N–H and O–H groups in total. The molecule has 0 aliphatic rings. The number of carbonyl (C=O) groups excluding carboxylic acids is 1. The van der Waals surface area contributed by atoms with Crippen molar-refractivity contribution in [1.82, 2.24) is 0 Å². The predicted molar refractivity (Wildman–Crippen MR) is 79.6 cm³/mol. The summed E-state index contributed by atoms with van der Waals surface area (Å²) in [4.78, 5) is 14.0. The molecule has 2 rings (SSSR count). The third kappa shape index (κ3) is 3.04. The van der Waals surface area contributed by atoms with E-state index >= 15 is 0 Å². The molecule has 0 heterocycles. The minimum absolute atomic E-state index is 0.164. The van der Waals surface area contributed by atoms with Gasteiger partial charge in [-0.25, -0.2) is 0 Å². The molecule has 0 aliphatic heterocycles. The number of hydrogen-bond donors (Lipinski definition) is 2. The number of nitrogen functional groups attached to an aromatic ring is 1. The number of benzene rings is 2. The highest BCUT2D eigenvalue weighted by molar-refractivity contribution is 6.05. The molecule has 0 unspecified atom stereocenters. The van der Waals surface area contributed by atoms with Gasteiger partial charge in [-0.3, -0.25) is 4.79 Å². The zero-order valence-corrected chi connectivity index (χ0v) is 11.1. The number of para-hydroxylation sites is 1. The number of nitrogens with two attached hydrogens (primary N) is 1. The highest BCUT2D eigenvalue weighted by atomic mass is 16.1. The standard InChI is InChI=1S/C15H17N3O/c1-18(2)14-9-8-11(10-13(14)16)15(19)17-12-6-4-3-5-7-12/h3-10H,16H2,1-2H3,(H,17,19). The van der Waals surface area contributed by atoms with Crippen molar-refractivity contribution >= 4 is 23.0 Å². The number of nitrogens with one attached hydrogen (secondary N) is 1. The van der Waals surface area contributed by atoms with Crippen LogP contribution in [0, 0.1) is 0 Å². The average molecular weight is 255 g/mol. The predicted octanol–water partition coefficient (Wildman–Crippen LogP) is 2.59. The Hall–Kier alpha value is -2.49. The molecule has 0 aliphatic carbocycles. The summed E-state index contributed by atoms with van der Waals surface area (Å²) in [5.41, 5.74) is 8.73. The Balaban J connectivity index is 2.18. The summed E-state index contributed by atoms with van der Waals surface area (Å²) in [6, 6.07) is 14.6. The Bertz CT molecular complexity index is 579. The molecule has 2 aromatic carbocycles. The zero-order valence-electron chi connectivity index (χ0n) is 11.1. The third-order valence-electron chi connectivity index (χ3n) is 2.80. The number of anilines is 3. The van der Waals surface area contributed by atoms with E-state index in [-0.39, 0.29) is 5.91 Å². The highest BCUT2D eigenvalue weighted by Gasteiger charge is 2.09. The summed E-state index contributed by atoms with van der Waals surface area (Å²) in [6.07, 6.45) is 0. The van der Waals surface area contributed by atoms with E-state index in [1.54, 1.807) is 12.1 Å². The lowest BCUT2D eigenvalue weighted by Gasteiger charge is -2.15. The van der Waals surface area contributed by atoms with Gasteiger partial charge in [0.15, 0.2) is 0 Å². The minimum Gasteiger partial charge on any atom is -0.397 e. The van der Waals surface area contributed by atoms with Crippen LogP contribution >= 0.6 is 0 Å². The SMILES string of the molecule is CN(C)c1ccc(C(=O)Nc2ccccc2)cc1N. The molecule has 0 aromatic heterocycles. The average Bonchev–Trinajstić information content (AvgIpc) is 2.39. The Morgan fingerprint density at radius 3 is 2.37 bits per heavy atom. The van der Waals surface area contributed by atoms with Gasteiger partial charge in [-0.05, 0) is 30.3 Å². The van der Waals surface area contributed by atoms with E-state index in [1.807, 2.05) is 55.4 Å². The summed E-state index contributed by atoms with van der Waals surface area (Å²) < 4.78 is 0. The summed E-state index contributed by atoms with van der Waals surface area (Å²) in [6.45, 7) is 0. The summed E-state index contributed by atoms with van der Waals surface area (Å²) >= 11 is 0. The number of amides is 1. The van der Waals surface area contributed by atoms with Crippen LogP contribution in [0.2, 0.25) is 0 Å². The fraction of sp³-hybridized carbons (Fsp3) is 0.133. The van der Waals surface area contributed by atoms with Gasteiger partial charge in [0.2, 0.25) is 0 Å². The Labute approximate surface area is 112 Å². The second-order valence-electron chi connectivity index (χ2n) is 4.49. The number of carbonyl (C=O) groups is 1. The normalized spacial score (nSPS) is 10.0. The second kappa shape index (κ2) is 5.44. The maximum atomic E-state index is 12.1. The minimum atomic E-state index is -0.164. The van der Waals surface area contributed by atoms with Gasteiger partial charge in [0, 0.05) is 25.3 Å². The first kappa shape index (κ1) is 13.0. The van der Waals surface area contributed by atoms with Crippen LogP contribution in [-0.4, -0.2) is 20.0 Å². The second-order valence-corrected chi connectivity index (χ2v) is 4.49. The van der Waals surface area contributed by atoms with E-state index in [9.17, 15) is 4.79 Å². The first-order valence-corrected chi connectivity index (χ1v) is 6.01.